The molecule has 1 amide bonds. The van der Waals surface area contributed by atoms with Crippen LogP contribution in [0.1, 0.15) is 46.3 Å². The first-order valence-corrected chi connectivity index (χ1v) is 9.86. The zero-order valence-corrected chi connectivity index (χ0v) is 16.9. The monoisotopic (exact) mass is 428 g/mol. The molecule has 1 N–H and O–H groups in total. The van der Waals surface area contributed by atoms with Gasteiger partial charge in [0.1, 0.15) is 5.76 Å². The molecule has 0 saturated carbocycles. The summed E-state index contributed by atoms with van der Waals surface area (Å²) in [7, 11) is 0. The van der Waals surface area contributed by atoms with Crippen molar-refractivity contribution in [3.63, 3.8) is 0 Å². The summed E-state index contributed by atoms with van der Waals surface area (Å²) in [5, 5.41) is 11.3. The van der Waals surface area contributed by atoms with Gasteiger partial charge < -0.3 is 9.84 Å². The minimum atomic E-state index is -0.282. The second-order valence-electron chi connectivity index (χ2n) is 7.24. The minimum absolute atomic E-state index is 0.282. The maximum atomic E-state index is 12.7. The highest BCUT2D eigenvalue weighted by Gasteiger charge is 2.27. The van der Waals surface area contributed by atoms with E-state index in [4.69, 9.17) is 4.52 Å². The highest BCUT2D eigenvalue weighted by atomic mass is 79.9. The van der Waals surface area contributed by atoms with Crippen molar-refractivity contribution in [2.45, 2.75) is 39.7 Å². The third-order valence-electron chi connectivity index (χ3n) is 4.92. The number of anilines is 1. The van der Waals surface area contributed by atoms with Crippen LogP contribution in [0.2, 0.25) is 0 Å². The summed E-state index contributed by atoms with van der Waals surface area (Å²) >= 11 is 3.48. The molecule has 0 fully saturated rings. The van der Waals surface area contributed by atoms with Crippen LogP contribution in [0.3, 0.4) is 0 Å². The molecule has 0 bridgehead atoms. The van der Waals surface area contributed by atoms with E-state index in [1.54, 1.807) is 4.68 Å². The molecular formula is C20H21BrN4O2. The van der Waals surface area contributed by atoms with Crippen molar-refractivity contribution in [3.8, 4) is 0 Å². The van der Waals surface area contributed by atoms with Gasteiger partial charge in [0.2, 0.25) is 0 Å². The largest absolute Gasteiger partial charge is 0.360 e. The lowest BCUT2D eigenvalue weighted by molar-refractivity contribution is 0.101. The first-order chi connectivity index (χ1) is 13.0. The lowest BCUT2D eigenvalue weighted by Gasteiger charge is -2.16. The molecule has 1 aromatic carbocycles. The summed E-state index contributed by atoms with van der Waals surface area (Å²) in [5.74, 6) is 1.56. The molecule has 1 aliphatic rings. The smallest absolute Gasteiger partial charge is 0.279 e. The van der Waals surface area contributed by atoms with Gasteiger partial charge in [0.15, 0.2) is 11.5 Å². The quantitative estimate of drug-likeness (QED) is 0.669. The zero-order valence-electron chi connectivity index (χ0n) is 15.3. The Kier molecular flexibility index (Phi) is 4.86. The molecule has 0 saturated heterocycles. The Hall–Kier alpha value is -2.41. The molecule has 3 aromatic rings. The van der Waals surface area contributed by atoms with Gasteiger partial charge in [-0.3, -0.25) is 9.48 Å². The van der Waals surface area contributed by atoms with Crippen LogP contribution in [0, 0.1) is 12.8 Å². The number of hydrogen-bond donors (Lipinski definition) is 1. The van der Waals surface area contributed by atoms with Gasteiger partial charge in [0, 0.05) is 18.2 Å². The number of hydrogen-bond acceptors (Lipinski definition) is 4. The molecule has 2 heterocycles. The molecule has 7 heteroatoms. The molecular weight excluding hydrogens is 408 g/mol. The van der Waals surface area contributed by atoms with Crippen molar-refractivity contribution < 1.29 is 9.32 Å². The first-order valence-electron chi connectivity index (χ1n) is 9.07. The number of carbonyl (C=O) groups is 1. The minimum Gasteiger partial charge on any atom is -0.360 e. The van der Waals surface area contributed by atoms with E-state index >= 15 is 0 Å². The Labute approximate surface area is 166 Å². The lowest BCUT2D eigenvalue weighted by atomic mass is 9.88. The summed E-state index contributed by atoms with van der Waals surface area (Å²) in [6, 6.07) is 8.30. The van der Waals surface area contributed by atoms with Gasteiger partial charge in [-0.15, -0.1) is 0 Å². The summed E-state index contributed by atoms with van der Waals surface area (Å²) < 4.78 is 7.90. The van der Waals surface area contributed by atoms with Gasteiger partial charge in [-0.2, -0.15) is 5.10 Å². The molecule has 1 atom stereocenters. The van der Waals surface area contributed by atoms with Crippen LogP contribution in [-0.2, 0) is 19.4 Å². The van der Waals surface area contributed by atoms with Crippen LogP contribution in [0.4, 0.5) is 5.82 Å². The van der Waals surface area contributed by atoms with Crippen LogP contribution < -0.4 is 5.32 Å². The molecule has 4 rings (SSSR count). The number of carbonyl (C=O) groups excluding carboxylic acids is 1. The van der Waals surface area contributed by atoms with E-state index in [1.165, 1.54) is 5.56 Å². The molecule has 27 heavy (non-hydrogen) atoms. The van der Waals surface area contributed by atoms with E-state index < -0.39 is 0 Å². The van der Waals surface area contributed by atoms with Crippen molar-refractivity contribution in [2.24, 2.45) is 5.92 Å². The van der Waals surface area contributed by atoms with Gasteiger partial charge in [-0.1, -0.05) is 41.9 Å². The van der Waals surface area contributed by atoms with Crippen LogP contribution in [-0.4, -0.2) is 20.8 Å². The highest BCUT2D eigenvalue weighted by molar-refractivity contribution is 9.10. The number of aryl methyl sites for hydroxylation is 2. The summed E-state index contributed by atoms with van der Waals surface area (Å²) in [5.41, 5.74) is 3.67. The Balaban J connectivity index is 1.50. The summed E-state index contributed by atoms with van der Waals surface area (Å²) in [6.45, 7) is 4.87. The number of nitrogens with zero attached hydrogens (tertiary/aromatic N) is 3. The molecule has 6 nitrogen and oxygen atoms in total. The fourth-order valence-electron chi connectivity index (χ4n) is 3.37. The third-order valence-corrected chi connectivity index (χ3v) is 5.50. The number of nitrogens with one attached hydrogen (secondary N) is 1. The number of fused-ring (bicyclic) bond motifs is 1. The van der Waals surface area contributed by atoms with Gasteiger partial charge in [-0.25, -0.2) is 0 Å². The van der Waals surface area contributed by atoms with E-state index in [-0.39, 0.29) is 5.91 Å². The molecule has 0 radical (unpaired) electrons. The molecule has 0 spiro atoms. The molecule has 2 aromatic heterocycles. The standard InChI is InChI=1S/C20H21BrN4O2/c1-12-3-6-14(7-4-12)10-25-11-16(21)19(23-25)22-20(26)18-15-9-13(2)5-8-17(15)27-24-18/h3-4,6-7,11,13H,5,8-10H2,1-2H3,(H,22,23,26). The van der Waals surface area contributed by atoms with E-state index in [0.29, 0.717) is 24.0 Å². The highest BCUT2D eigenvalue weighted by Crippen LogP contribution is 2.29. The van der Waals surface area contributed by atoms with E-state index in [2.05, 4.69) is 69.6 Å². The van der Waals surface area contributed by atoms with Gasteiger partial charge >= 0.3 is 0 Å². The number of halogens is 1. The normalized spacial score (nSPS) is 16.2. The van der Waals surface area contributed by atoms with Gasteiger partial charge in [0.05, 0.1) is 11.0 Å². The molecule has 1 unspecified atom stereocenters. The van der Waals surface area contributed by atoms with Crippen molar-refractivity contribution in [3.05, 3.63) is 63.1 Å². The van der Waals surface area contributed by atoms with Crippen molar-refractivity contribution >= 4 is 27.7 Å². The number of amides is 1. The fraction of sp³-hybridized carbons (Fsp3) is 0.350. The molecule has 140 valence electrons. The Morgan fingerprint density at radius 3 is 2.93 bits per heavy atom. The van der Waals surface area contributed by atoms with Crippen molar-refractivity contribution in [1.29, 1.82) is 0 Å². The summed E-state index contributed by atoms with van der Waals surface area (Å²) in [4.78, 5) is 12.7. The third kappa shape index (κ3) is 3.83. The number of aromatic nitrogens is 3. The van der Waals surface area contributed by atoms with E-state index in [0.717, 1.165) is 40.6 Å². The molecule has 1 aliphatic carbocycles. The van der Waals surface area contributed by atoms with Crippen LogP contribution >= 0.6 is 15.9 Å². The fourth-order valence-corrected chi connectivity index (χ4v) is 3.78. The van der Waals surface area contributed by atoms with E-state index in [9.17, 15) is 4.79 Å². The average molecular weight is 429 g/mol. The summed E-state index contributed by atoms with van der Waals surface area (Å²) in [6.07, 6.45) is 4.59. The average Bonchev–Trinajstić information content (AvgIpc) is 3.20. The maximum Gasteiger partial charge on any atom is 0.279 e. The predicted molar refractivity (Wildman–Crippen MR) is 106 cm³/mol. The second-order valence-corrected chi connectivity index (χ2v) is 8.10. The first kappa shape index (κ1) is 18.0. The lowest BCUT2D eigenvalue weighted by Crippen LogP contribution is -2.18. The van der Waals surface area contributed by atoms with Crippen molar-refractivity contribution in [1.82, 2.24) is 14.9 Å². The topological polar surface area (TPSA) is 73.0 Å². The maximum absolute atomic E-state index is 12.7. The number of benzene rings is 1. The zero-order chi connectivity index (χ0) is 19.0. The van der Waals surface area contributed by atoms with Crippen molar-refractivity contribution in [2.75, 3.05) is 5.32 Å². The van der Waals surface area contributed by atoms with Gasteiger partial charge in [-0.05, 0) is 47.2 Å². The predicted octanol–water partition coefficient (Wildman–Crippen LogP) is 4.37. The SMILES string of the molecule is Cc1ccc(Cn2cc(Br)c(NC(=O)c3noc4c3CC(C)CC4)n2)cc1. The van der Waals surface area contributed by atoms with Gasteiger partial charge in [0.25, 0.3) is 5.91 Å². The Morgan fingerprint density at radius 1 is 1.37 bits per heavy atom. The molecule has 0 aliphatic heterocycles. The van der Waals surface area contributed by atoms with Crippen LogP contribution in [0.5, 0.6) is 0 Å². The Bertz CT molecular complexity index is 975. The van der Waals surface area contributed by atoms with Crippen LogP contribution in [0.25, 0.3) is 0 Å². The van der Waals surface area contributed by atoms with E-state index in [1.807, 2.05) is 6.20 Å². The second kappa shape index (κ2) is 7.31. The number of rotatable bonds is 4. The Morgan fingerprint density at radius 2 is 2.15 bits per heavy atom. The van der Waals surface area contributed by atoms with Crippen LogP contribution in [0.15, 0.2) is 39.5 Å².